The fraction of sp³-hybridized carbons (Fsp3) is 0.462. The van der Waals surface area contributed by atoms with E-state index in [0.717, 1.165) is 16.0 Å². The molecule has 0 saturated carbocycles. The molecule has 2 rings (SSSR count). The van der Waals surface area contributed by atoms with Crippen molar-refractivity contribution < 1.29 is 9.59 Å². The number of thioether (sulfide) groups is 1. The van der Waals surface area contributed by atoms with E-state index in [4.69, 9.17) is 0 Å². The third-order valence-corrected chi connectivity index (χ3v) is 5.94. The summed E-state index contributed by atoms with van der Waals surface area (Å²) >= 11 is 1.67. The van der Waals surface area contributed by atoms with Crippen LogP contribution in [0, 0.1) is 13.8 Å². The van der Waals surface area contributed by atoms with Crippen molar-refractivity contribution in [2.24, 2.45) is 0 Å². The number of hydrogen-bond acceptors (Lipinski definition) is 3. The van der Waals surface area contributed by atoms with Gasteiger partial charge < -0.3 is 10.2 Å². The fourth-order valence-electron chi connectivity index (χ4n) is 3.41. The van der Waals surface area contributed by atoms with E-state index in [1.807, 2.05) is 52.8 Å². The highest BCUT2D eigenvalue weighted by Crippen LogP contribution is 2.21. The molecular formula is C26H36N2O2S. The minimum absolute atomic E-state index is 0.0111. The number of benzene rings is 2. The molecule has 4 nitrogen and oxygen atoms in total. The van der Waals surface area contributed by atoms with Crippen LogP contribution < -0.4 is 5.32 Å². The van der Waals surface area contributed by atoms with Crippen molar-refractivity contribution in [3.63, 3.8) is 0 Å². The second-order valence-electron chi connectivity index (χ2n) is 9.09. The van der Waals surface area contributed by atoms with Gasteiger partial charge in [0, 0.05) is 29.2 Å². The lowest BCUT2D eigenvalue weighted by Gasteiger charge is -2.33. The van der Waals surface area contributed by atoms with Crippen molar-refractivity contribution in [3.8, 4) is 0 Å². The van der Waals surface area contributed by atoms with E-state index in [1.54, 1.807) is 16.7 Å². The van der Waals surface area contributed by atoms with E-state index >= 15 is 0 Å². The molecule has 0 radical (unpaired) electrons. The van der Waals surface area contributed by atoms with Gasteiger partial charge in [-0.3, -0.25) is 9.59 Å². The SMILES string of the molecule is CC[C@H](C(=O)NC(C)(C)C)N(Cc1cccc(C)c1)C(=O)CCSc1ccc(C)cc1. The minimum Gasteiger partial charge on any atom is -0.350 e. The first-order valence-electron chi connectivity index (χ1n) is 11.0. The Bertz CT molecular complexity index is 872. The van der Waals surface area contributed by atoms with Crippen LogP contribution in [0.3, 0.4) is 0 Å². The maximum absolute atomic E-state index is 13.3. The zero-order valence-electron chi connectivity index (χ0n) is 19.7. The first kappa shape index (κ1) is 25.0. The monoisotopic (exact) mass is 440 g/mol. The van der Waals surface area contributed by atoms with Gasteiger partial charge in [0.25, 0.3) is 0 Å². The fourth-order valence-corrected chi connectivity index (χ4v) is 4.25. The third kappa shape index (κ3) is 8.41. The van der Waals surface area contributed by atoms with Crippen molar-refractivity contribution in [1.82, 2.24) is 10.2 Å². The second-order valence-corrected chi connectivity index (χ2v) is 10.3. The number of rotatable bonds is 9. The Morgan fingerprint density at radius 3 is 2.29 bits per heavy atom. The summed E-state index contributed by atoms with van der Waals surface area (Å²) in [5, 5.41) is 3.05. The van der Waals surface area contributed by atoms with Crippen LogP contribution in [0.15, 0.2) is 53.4 Å². The lowest BCUT2D eigenvalue weighted by atomic mass is 10.0. The van der Waals surface area contributed by atoms with Crippen molar-refractivity contribution in [1.29, 1.82) is 0 Å². The smallest absolute Gasteiger partial charge is 0.243 e. The Morgan fingerprint density at radius 1 is 1.03 bits per heavy atom. The van der Waals surface area contributed by atoms with Gasteiger partial charge in [0.1, 0.15) is 6.04 Å². The first-order chi connectivity index (χ1) is 14.6. The summed E-state index contributed by atoms with van der Waals surface area (Å²) in [6.07, 6.45) is 0.966. The van der Waals surface area contributed by atoms with Crippen LogP contribution in [0.4, 0.5) is 0 Å². The molecule has 0 bridgehead atoms. The molecule has 0 aliphatic rings. The summed E-state index contributed by atoms with van der Waals surface area (Å²) in [5.74, 6) is 0.600. The largest absolute Gasteiger partial charge is 0.350 e. The molecule has 2 amide bonds. The molecule has 0 saturated heterocycles. The topological polar surface area (TPSA) is 49.4 Å². The molecule has 0 aliphatic carbocycles. The summed E-state index contributed by atoms with van der Waals surface area (Å²) < 4.78 is 0. The van der Waals surface area contributed by atoms with E-state index < -0.39 is 6.04 Å². The lowest BCUT2D eigenvalue weighted by molar-refractivity contribution is -0.141. The van der Waals surface area contributed by atoms with Crippen molar-refractivity contribution in [2.75, 3.05) is 5.75 Å². The molecule has 2 aromatic rings. The number of carbonyl (C=O) groups is 2. The molecule has 0 spiro atoms. The Labute approximate surface area is 191 Å². The average molecular weight is 441 g/mol. The number of nitrogens with one attached hydrogen (secondary N) is 1. The van der Waals surface area contributed by atoms with Crippen LogP contribution in [0.25, 0.3) is 0 Å². The van der Waals surface area contributed by atoms with Crippen LogP contribution in [-0.4, -0.2) is 34.0 Å². The van der Waals surface area contributed by atoms with Gasteiger partial charge in [-0.2, -0.15) is 0 Å². The standard InChI is InChI=1S/C26H36N2O2S/c1-7-23(25(30)27-26(4,5)6)28(18-21-10-8-9-20(3)17-21)24(29)15-16-31-22-13-11-19(2)12-14-22/h8-14,17,23H,7,15-16,18H2,1-6H3,(H,27,30)/t23-/m1/s1. The predicted octanol–water partition coefficient (Wildman–Crippen LogP) is 5.51. The Hall–Kier alpha value is -2.27. The molecule has 0 fully saturated rings. The van der Waals surface area contributed by atoms with Gasteiger partial charge in [0.2, 0.25) is 11.8 Å². The Kier molecular flexibility index (Phi) is 9.17. The number of carbonyl (C=O) groups excluding carboxylic acids is 2. The lowest BCUT2D eigenvalue weighted by Crippen LogP contribution is -2.53. The molecule has 0 aliphatic heterocycles. The highest BCUT2D eigenvalue weighted by atomic mass is 32.2. The zero-order valence-corrected chi connectivity index (χ0v) is 20.5. The van der Waals surface area contributed by atoms with E-state index in [-0.39, 0.29) is 17.4 Å². The molecule has 168 valence electrons. The summed E-state index contributed by atoms with van der Waals surface area (Å²) in [4.78, 5) is 29.2. The van der Waals surface area contributed by atoms with Gasteiger partial charge in [-0.05, 0) is 58.7 Å². The van der Waals surface area contributed by atoms with Gasteiger partial charge in [-0.1, -0.05) is 54.4 Å². The highest BCUT2D eigenvalue weighted by Gasteiger charge is 2.30. The quantitative estimate of drug-likeness (QED) is 0.523. The summed E-state index contributed by atoms with van der Waals surface area (Å²) in [6.45, 7) is 12.4. The third-order valence-electron chi connectivity index (χ3n) is 4.93. The predicted molar refractivity (Wildman–Crippen MR) is 130 cm³/mol. The van der Waals surface area contributed by atoms with Gasteiger partial charge in [-0.25, -0.2) is 0 Å². The highest BCUT2D eigenvalue weighted by molar-refractivity contribution is 7.99. The number of aryl methyl sites for hydroxylation is 2. The summed E-state index contributed by atoms with van der Waals surface area (Å²) in [7, 11) is 0. The van der Waals surface area contributed by atoms with Crippen LogP contribution in [0.1, 0.15) is 57.2 Å². The van der Waals surface area contributed by atoms with Gasteiger partial charge in [-0.15, -0.1) is 11.8 Å². The molecule has 0 unspecified atom stereocenters. The second kappa shape index (κ2) is 11.4. The molecule has 31 heavy (non-hydrogen) atoms. The Morgan fingerprint density at radius 2 is 1.71 bits per heavy atom. The average Bonchev–Trinajstić information content (AvgIpc) is 2.68. The molecule has 1 N–H and O–H groups in total. The maximum atomic E-state index is 13.3. The van der Waals surface area contributed by atoms with E-state index in [9.17, 15) is 9.59 Å². The van der Waals surface area contributed by atoms with Crippen molar-refractivity contribution in [3.05, 3.63) is 65.2 Å². The summed E-state index contributed by atoms with van der Waals surface area (Å²) in [6, 6.07) is 16.0. The molecular weight excluding hydrogens is 404 g/mol. The van der Waals surface area contributed by atoms with Crippen LogP contribution in [0.5, 0.6) is 0 Å². The minimum atomic E-state index is -0.489. The summed E-state index contributed by atoms with van der Waals surface area (Å²) in [5.41, 5.74) is 3.07. The number of nitrogens with zero attached hydrogens (tertiary/aromatic N) is 1. The first-order valence-corrected chi connectivity index (χ1v) is 11.9. The van der Waals surface area contributed by atoms with Gasteiger partial charge in [0.15, 0.2) is 0 Å². The van der Waals surface area contributed by atoms with Crippen LogP contribution >= 0.6 is 11.8 Å². The molecule has 0 heterocycles. The van der Waals surface area contributed by atoms with E-state index in [1.165, 1.54) is 5.56 Å². The zero-order chi connectivity index (χ0) is 23.0. The van der Waals surface area contributed by atoms with Crippen LogP contribution in [-0.2, 0) is 16.1 Å². The van der Waals surface area contributed by atoms with Gasteiger partial charge in [0.05, 0.1) is 0 Å². The molecule has 2 aromatic carbocycles. The van der Waals surface area contributed by atoms with E-state index in [2.05, 4.69) is 42.6 Å². The van der Waals surface area contributed by atoms with Crippen LogP contribution in [0.2, 0.25) is 0 Å². The normalized spacial score (nSPS) is 12.3. The van der Waals surface area contributed by atoms with Gasteiger partial charge >= 0.3 is 0 Å². The maximum Gasteiger partial charge on any atom is 0.243 e. The van der Waals surface area contributed by atoms with Crippen molar-refractivity contribution in [2.45, 2.75) is 77.4 Å². The molecule has 1 atom stereocenters. The molecule has 0 aromatic heterocycles. The molecule has 5 heteroatoms. The van der Waals surface area contributed by atoms with E-state index in [0.29, 0.717) is 25.1 Å². The number of amides is 2. The Balaban J connectivity index is 2.15. The van der Waals surface area contributed by atoms with Crippen molar-refractivity contribution >= 4 is 23.6 Å². The number of hydrogen-bond donors (Lipinski definition) is 1.